The van der Waals surface area contributed by atoms with Crippen molar-refractivity contribution in [2.75, 3.05) is 32.8 Å². The van der Waals surface area contributed by atoms with Crippen molar-refractivity contribution in [2.24, 2.45) is 0 Å². The first-order valence-electron chi connectivity index (χ1n) is 9.50. The third-order valence-electron chi connectivity index (χ3n) is 4.82. The van der Waals surface area contributed by atoms with Crippen LogP contribution in [0.15, 0.2) is 30.3 Å². The number of aryl methyl sites for hydroxylation is 1. The van der Waals surface area contributed by atoms with Crippen molar-refractivity contribution in [3.05, 3.63) is 63.7 Å². The quantitative estimate of drug-likeness (QED) is 0.692. The average Bonchev–Trinajstić information content (AvgIpc) is 2.73. The summed E-state index contributed by atoms with van der Waals surface area (Å²) in [7, 11) is 0. The van der Waals surface area contributed by atoms with Crippen LogP contribution in [-0.2, 0) is 4.74 Å². The molecular weight excluding hydrogens is 413 g/mol. The Kier molecular flexibility index (Phi) is 6.66. The summed E-state index contributed by atoms with van der Waals surface area (Å²) < 4.78 is 18.2. The van der Waals surface area contributed by atoms with Crippen molar-refractivity contribution in [1.29, 1.82) is 0 Å². The highest BCUT2D eigenvalue weighted by Gasteiger charge is 2.27. The van der Waals surface area contributed by atoms with Crippen LogP contribution in [0.3, 0.4) is 0 Å². The van der Waals surface area contributed by atoms with E-state index >= 15 is 0 Å². The number of esters is 1. The van der Waals surface area contributed by atoms with E-state index in [0.29, 0.717) is 37.4 Å². The second kappa shape index (κ2) is 9.21. The SMILES string of the molecule is CCOC(=O)c1ccc(C(=O)N2CCN(C(=O)c3ccc(F)cc3Cl)CC2)nc1C. The number of hydrogen-bond donors (Lipinski definition) is 0. The molecule has 1 saturated heterocycles. The lowest BCUT2D eigenvalue weighted by Crippen LogP contribution is -2.50. The molecule has 9 heteroatoms. The van der Waals surface area contributed by atoms with Gasteiger partial charge in [0.2, 0.25) is 0 Å². The number of aromatic nitrogens is 1. The number of carbonyl (C=O) groups is 3. The predicted octanol–water partition coefficient (Wildman–Crippen LogP) is 2.96. The Morgan fingerprint density at radius 3 is 2.20 bits per heavy atom. The number of amides is 2. The number of ether oxygens (including phenoxy) is 1. The number of piperazine rings is 1. The second-order valence-electron chi connectivity index (χ2n) is 6.76. The molecule has 0 atom stereocenters. The molecule has 0 N–H and O–H groups in total. The topological polar surface area (TPSA) is 79.8 Å². The summed E-state index contributed by atoms with van der Waals surface area (Å²) in [6.45, 7) is 4.90. The smallest absolute Gasteiger partial charge is 0.339 e. The van der Waals surface area contributed by atoms with Crippen LogP contribution >= 0.6 is 11.6 Å². The zero-order chi connectivity index (χ0) is 21.8. The molecule has 1 aliphatic heterocycles. The molecule has 7 nitrogen and oxygen atoms in total. The van der Waals surface area contributed by atoms with Gasteiger partial charge in [-0.05, 0) is 44.2 Å². The molecule has 2 aromatic rings. The molecule has 1 aliphatic rings. The Bertz CT molecular complexity index is 990. The lowest BCUT2D eigenvalue weighted by Gasteiger charge is -2.34. The predicted molar refractivity (Wildman–Crippen MR) is 108 cm³/mol. The van der Waals surface area contributed by atoms with E-state index in [1.54, 1.807) is 23.6 Å². The first kappa shape index (κ1) is 21.7. The fourth-order valence-corrected chi connectivity index (χ4v) is 3.46. The monoisotopic (exact) mass is 433 g/mol. The van der Waals surface area contributed by atoms with Crippen molar-refractivity contribution >= 4 is 29.4 Å². The summed E-state index contributed by atoms with van der Waals surface area (Å²) in [4.78, 5) is 44.7. The molecule has 0 bridgehead atoms. The van der Waals surface area contributed by atoms with Gasteiger partial charge in [0, 0.05) is 26.2 Å². The number of rotatable bonds is 4. The molecule has 1 aromatic carbocycles. The van der Waals surface area contributed by atoms with Gasteiger partial charge in [-0.15, -0.1) is 0 Å². The minimum atomic E-state index is -0.510. The van der Waals surface area contributed by atoms with Crippen molar-refractivity contribution in [2.45, 2.75) is 13.8 Å². The van der Waals surface area contributed by atoms with Gasteiger partial charge in [-0.25, -0.2) is 14.2 Å². The number of halogens is 2. The molecule has 0 spiro atoms. The lowest BCUT2D eigenvalue weighted by molar-refractivity contribution is 0.0521. The van der Waals surface area contributed by atoms with Gasteiger partial charge in [-0.3, -0.25) is 9.59 Å². The molecule has 0 saturated carbocycles. The molecule has 158 valence electrons. The fourth-order valence-electron chi connectivity index (χ4n) is 3.21. The minimum Gasteiger partial charge on any atom is -0.462 e. The van der Waals surface area contributed by atoms with Gasteiger partial charge in [0.05, 0.1) is 28.5 Å². The third kappa shape index (κ3) is 4.59. The van der Waals surface area contributed by atoms with E-state index in [4.69, 9.17) is 16.3 Å². The Labute approximate surface area is 178 Å². The van der Waals surface area contributed by atoms with Gasteiger partial charge < -0.3 is 14.5 Å². The van der Waals surface area contributed by atoms with Crippen LogP contribution in [0.25, 0.3) is 0 Å². The van der Waals surface area contributed by atoms with Crippen LogP contribution in [0.1, 0.15) is 43.8 Å². The van der Waals surface area contributed by atoms with Gasteiger partial charge in [-0.2, -0.15) is 0 Å². The number of benzene rings is 1. The third-order valence-corrected chi connectivity index (χ3v) is 5.13. The summed E-state index contributed by atoms with van der Waals surface area (Å²) in [6, 6.07) is 6.67. The fraction of sp³-hybridized carbons (Fsp3) is 0.333. The van der Waals surface area contributed by atoms with E-state index < -0.39 is 11.8 Å². The van der Waals surface area contributed by atoms with Gasteiger partial charge in [-0.1, -0.05) is 11.6 Å². The zero-order valence-electron chi connectivity index (χ0n) is 16.7. The van der Waals surface area contributed by atoms with E-state index in [-0.39, 0.29) is 34.7 Å². The van der Waals surface area contributed by atoms with Crippen LogP contribution < -0.4 is 0 Å². The van der Waals surface area contributed by atoms with Gasteiger partial charge in [0.1, 0.15) is 11.5 Å². The van der Waals surface area contributed by atoms with E-state index in [9.17, 15) is 18.8 Å². The number of carbonyl (C=O) groups excluding carboxylic acids is 3. The van der Waals surface area contributed by atoms with Crippen LogP contribution in [0, 0.1) is 12.7 Å². The summed E-state index contributed by atoms with van der Waals surface area (Å²) in [5.41, 5.74) is 1.19. The molecule has 0 unspecified atom stereocenters. The van der Waals surface area contributed by atoms with E-state index in [2.05, 4.69) is 4.98 Å². The zero-order valence-corrected chi connectivity index (χ0v) is 17.4. The van der Waals surface area contributed by atoms with Gasteiger partial charge in [0.25, 0.3) is 11.8 Å². The number of pyridine rings is 1. The maximum Gasteiger partial charge on any atom is 0.339 e. The average molecular weight is 434 g/mol. The summed E-state index contributed by atoms with van der Waals surface area (Å²) >= 11 is 5.98. The Balaban J connectivity index is 1.64. The first-order chi connectivity index (χ1) is 14.3. The molecule has 1 aromatic heterocycles. The number of hydrogen-bond acceptors (Lipinski definition) is 5. The molecule has 2 heterocycles. The highest BCUT2D eigenvalue weighted by atomic mass is 35.5. The first-order valence-corrected chi connectivity index (χ1v) is 9.88. The van der Waals surface area contributed by atoms with E-state index in [1.807, 2.05) is 0 Å². The number of nitrogens with zero attached hydrogens (tertiary/aromatic N) is 3. The highest BCUT2D eigenvalue weighted by molar-refractivity contribution is 6.33. The summed E-state index contributed by atoms with van der Waals surface area (Å²) in [6.07, 6.45) is 0. The summed E-state index contributed by atoms with van der Waals surface area (Å²) in [5, 5.41) is 0.0554. The highest BCUT2D eigenvalue weighted by Crippen LogP contribution is 2.20. The van der Waals surface area contributed by atoms with Gasteiger partial charge in [0.15, 0.2) is 0 Å². The Morgan fingerprint density at radius 2 is 1.63 bits per heavy atom. The van der Waals surface area contributed by atoms with Crippen LogP contribution in [0.4, 0.5) is 4.39 Å². The molecule has 0 radical (unpaired) electrons. The molecule has 30 heavy (non-hydrogen) atoms. The van der Waals surface area contributed by atoms with Gasteiger partial charge >= 0.3 is 5.97 Å². The Hall–Kier alpha value is -3.00. The molecule has 1 fully saturated rings. The molecule has 2 amide bonds. The standard InChI is InChI=1S/C21H21ClFN3O4/c1-3-30-21(29)15-6-7-18(24-13(15)2)20(28)26-10-8-25(9-11-26)19(27)16-5-4-14(23)12-17(16)22/h4-7,12H,3,8-11H2,1-2H3. The van der Waals surface area contributed by atoms with Crippen molar-refractivity contribution < 1.29 is 23.5 Å². The molecule has 3 rings (SSSR count). The molecule has 0 aliphatic carbocycles. The maximum atomic E-state index is 13.2. The molecular formula is C21H21ClFN3O4. The van der Waals surface area contributed by atoms with Crippen molar-refractivity contribution in [1.82, 2.24) is 14.8 Å². The minimum absolute atomic E-state index is 0.0554. The normalized spacial score (nSPS) is 13.9. The van der Waals surface area contributed by atoms with Crippen LogP contribution in [0.2, 0.25) is 5.02 Å². The van der Waals surface area contributed by atoms with Crippen molar-refractivity contribution in [3.63, 3.8) is 0 Å². The van der Waals surface area contributed by atoms with E-state index in [1.165, 1.54) is 24.3 Å². The lowest BCUT2D eigenvalue weighted by atomic mass is 10.1. The largest absolute Gasteiger partial charge is 0.462 e. The Morgan fingerprint density at radius 1 is 1.03 bits per heavy atom. The van der Waals surface area contributed by atoms with Crippen molar-refractivity contribution in [3.8, 4) is 0 Å². The second-order valence-corrected chi connectivity index (χ2v) is 7.17. The van der Waals surface area contributed by atoms with E-state index in [0.717, 1.165) is 6.07 Å². The van der Waals surface area contributed by atoms with Crippen LogP contribution in [-0.4, -0.2) is 65.4 Å². The summed E-state index contributed by atoms with van der Waals surface area (Å²) in [5.74, 6) is -1.57. The maximum absolute atomic E-state index is 13.2. The van der Waals surface area contributed by atoms with Crippen LogP contribution in [0.5, 0.6) is 0 Å².